The van der Waals surface area contributed by atoms with Crippen molar-refractivity contribution in [3.05, 3.63) is 29.6 Å². The number of rotatable bonds is 5. The second-order valence-corrected chi connectivity index (χ2v) is 4.26. The van der Waals surface area contributed by atoms with E-state index in [1.807, 2.05) is 0 Å². The molecule has 2 nitrogen and oxygen atoms in total. The summed E-state index contributed by atoms with van der Waals surface area (Å²) in [6.07, 6.45) is 2.44. The molecule has 0 heterocycles. The molecule has 1 saturated carbocycles. The molecule has 1 atom stereocenters. The maximum Gasteiger partial charge on any atom is 0.123 e. The zero-order valence-corrected chi connectivity index (χ0v) is 9.79. The molecule has 0 bridgehead atoms. The first-order valence-corrected chi connectivity index (χ1v) is 5.83. The molecule has 0 radical (unpaired) electrons. The molecular weight excluding hydrogens is 205 g/mol. The van der Waals surface area contributed by atoms with E-state index in [4.69, 9.17) is 4.74 Å². The van der Waals surface area contributed by atoms with Crippen LogP contribution in [0.15, 0.2) is 18.2 Å². The second kappa shape index (κ2) is 4.83. The lowest BCUT2D eigenvalue weighted by atomic mass is 10.0. The molecule has 16 heavy (non-hydrogen) atoms. The van der Waals surface area contributed by atoms with E-state index in [0.29, 0.717) is 5.92 Å². The van der Waals surface area contributed by atoms with E-state index in [1.54, 1.807) is 19.2 Å². The molecule has 1 aromatic rings. The summed E-state index contributed by atoms with van der Waals surface area (Å²) >= 11 is 0. The van der Waals surface area contributed by atoms with Crippen molar-refractivity contribution in [3.8, 4) is 5.75 Å². The fourth-order valence-corrected chi connectivity index (χ4v) is 2.13. The van der Waals surface area contributed by atoms with Crippen LogP contribution in [0.3, 0.4) is 0 Å². The number of halogens is 1. The van der Waals surface area contributed by atoms with Gasteiger partial charge in [-0.05, 0) is 43.5 Å². The minimum absolute atomic E-state index is 0.195. The van der Waals surface area contributed by atoms with Crippen LogP contribution in [0.2, 0.25) is 0 Å². The van der Waals surface area contributed by atoms with E-state index in [-0.39, 0.29) is 11.9 Å². The van der Waals surface area contributed by atoms with Crippen LogP contribution in [0.1, 0.15) is 31.4 Å². The van der Waals surface area contributed by atoms with Gasteiger partial charge in [0.2, 0.25) is 0 Å². The van der Waals surface area contributed by atoms with Crippen molar-refractivity contribution in [2.24, 2.45) is 5.92 Å². The molecule has 0 aromatic heterocycles. The van der Waals surface area contributed by atoms with Crippen LogP contribution in [0, 0.1) is 11.7 Å². The molecule has 0 amide bonds. The summed E-state index contributed by atoms with van der Waals surface area (Å²) in [5.41, 5.74) is 0.951. The van der Waals surface area contributed by atoms with E-state index >= 15 is 0 Å². The summed E-state index contributed by atoms with van der Waals surface area (Å²) in [6, 6.07) is 4.97. The Hall–Kier alpha value is -1.09. The molecule has 2 rings (SSSR count). The van der Waals surface area contributed by atoms with Crippen LogP contribution in [0.4, 0.5) is 4.39 Å². The zero-order chi connectivity index (χ0) is 11.5. The summed E-state index contributed by atoms with van der Waals surface area (Å²) in [4.78, 5) is 0. The maximum absolute atomic E-state index is 13.3. The molecule has 1 aliphatic carbocycles. The number of hydrogen-bond donors (Lipinski definition) is 1. The molecule has 1 unspecified atom stereocenters. The molecule has 1 N–H and O–H groups in total. The van der Waals surface area contributed by atoms with Crippen LogP contribution >= 0.6 is 0 Å². The topological polar surface area (TPSA) is 21.3 Å². The van der Waals surface area contributed by atoms with Crippen LogP contribution in [0.25, 0.3) is 0 Å². The Kier molecular flexibility index (Phi) is 3.44. The predicted octanol–water partition coefficient (Wildman–Crippen LogP) is 2.89. The van der Waals surface area contributed by atoms with Gasteiger partial charge in [0.25, 0.3) is 0 Å². The van der Waals surface area contributed by atoms with Crippen molar-refractivity contribution >= 4 is 0 Å². The zero-order valence-electron chi connectivity index (χ0n) is 9.79. The van der Waals surface area contributed by atoms with Crippen molar-refractivity contribution in [3.63, 3.8) is 0 Å². The van der Waals surface area contributed by atoms with Gasteiger partial charge < -0.3 is 10.1 Å². The van der Waals surface area contributed by atoms with Gasteiger partial charge in [-0.2, -0.15) is 0 Å². The van der Waals surface area contributed by atoms with Crippen molar-refractivity contribution in [1.29, 1.82) is 0 Å². The Morgan fingerprint density at radius 3 is 2.81 bits per heavy atom. The second-order valence-electron chi connectivity index (χ2n) is 4.26. The number of benzene rings is 1. The first kappa shape index (κ1) is 11.4. The highest BCUT2D eigenvalue weighted by Gasteiger charge is 2.33. The van der Waals surface area contributed by atoms with Gasteiger partial charge in [0.05, 0.1) is 7.11 Å². The Morgan fingerprint density at radius 1 is 1.50 bits per heavy atom. The minimum Gasteiger partial charge on any atom is -0.496 e. The molecule has 1 fully saturated rings. The van der Waals surface area contributed by atoms with Crippen LogP contribution in [-0.4, -0.2) is 13.7 Å². The highest BCUT2D eigenvalue weighted by molar-refractivity contribution is 5.37. The third-order valence-corrected chi connectivity index (χ3v) is 3.04. The molecule has 0 spiro atoms. The first-order valence-electron chi connectivity index (χ1n) is 5.83. The molecule has 1 aromatic carbocycles. The van der Waals surface area contributed by atoms with E-state index < -0.39 is 0 Å². The monoisotopic (exact) mass is 223 g/mol. The van der Waals surface area contributed by atoms with Crippen molar-refractivity contribution in [2.75, 3.05) is 13.7 Å². The third-order valence-electron chi connectivity index (χ3n) is 3.04. The molecule has 88 valence electrons. The van der Waals surface area contributed by atoms with Crippen molar-refractivity contribution in [2.45, 2.75) is 25.8 Å². The third kappa shape index (κ3) is 2.35. The highest BCUT2D eigenvalue weighted by atomic mass is 19.1. The van der Waals surface area contributed by atoms with E-state index in [1.165, 1.54) is 18.9 Å². The molecular formula is C13H18FNO. The summed E-state index contributed by atoms with van der Waals surface area (Å²) < 4.78 is 18.6. The van der Waals surface area contributed by atoms with Crippen LogP contribution in [-0.2, 0) is 0 Å². The summed E-state index contributed by atoms with van der Waals surface area (Å²) in [6.45, 7) is 2.96. The van der Waals surface area contributed by atoms with E-state index in [9.17, 15) is 4.39 Å². The van der Waals surface area contributed by atoms with Crippen LogP contribution < -0.4 is 10.1 Å². The van der Waals surface area contributed by atoms with Gasteiger partial charge in [0.15, 0.2) is 0 Å². The van der Waals surface area contributed by atoms with Crippen molar-refractivity contribution in [1.82, 2.24) is 5.32 Å². The summed E-state index contributed by atoms with van der Waals surface area (Å²) in [5.74, 6) is 1.22. The van der Waals surface area contributed by atoms with Gasteiger partial charge in [-0.1, -0.05) is 6.92 Å². The Labute approximate surface area is 95.8 Å². The van der Waals surface area contributed by atoms with Crippen molar-refractivity contribution < 1.29 is 9.13 Å². The number of hydrogen-bond acceptors (Lipinski definition) is 2. The number of methoxy groups -OCH3 is 1. The molecule has 0 saturated heterocycles. The normalized spacial score (nSPS) is 17.2. The van der Waals surface area contributed by atoms with Gasteiger partial charge in [-0.15, -0.1) is 0 Å². The lowest BCUT2D eigenvalue weighted by molar-refractivity contribution is 0.391. The minimum atomic E-state index is -0.195. The first-order chi connectivity index (χ1) is 7.76. The van der Waals surface area contributed by atoms with Crippen LogP contribution in [0.5, 0.6) is 5.75 Å². The van der Waals surface area contributed by atoms with Gasteiger partial charge in [-0.3, -0.25) is 0 Å². The number of nitrogens with one attached hydrogen (secondary N) is 1. The Morgan fingerprint density at radius 2 is 2.25 bits per heavy atom. The van der Waals surface area contributed by atoms with Gasteiger partial charge in [0, 0.05) is 11.6 Å². The quantitative estimate of drug-likeness (QED) is 0.828. The number of ether oxygens (including phenoxy) is 1. The average molecular weight is 223 g/mol. The van der Waals surface area contributed by atoms with Gasteiger partial charge >= 0.3 is 0 Å². The summed E-state index contributed by atoms with van der Waals surface area (Å²) in [7, 11) is 1.63. The summed E-state index contributed by atoms with van der Waals surface area (Å²) in [5, 5.41) is 3.42. The van der Waals surface area contributed by atoms with E-state index in [0.717, 1.165) is 17.9 Å². The maximum atomic E-state index is 13.3. The lowest BCUT2D eigenvalue weighted by Crippen LogP contribution is -2.23. The SMILES string of the molecule is CCNC(c1cc(F)ccc1OC)C1CC1. The van der Waals surface area contributed by atoms with Gasteiger partial charge in [-0.25, -0.2) is 4.39 Å². The highest BCUT2D eigenvalue weighted by Crippen LogP contribution is 2.43. The Bertz CT molecular complexity index is 363. The smallest absolute Gasteiger partial charge is 0.123 e. The Balaban J connectivity index is 2.30. The fourth-order valence-electron chi connectivity index (χ4n) is 2.13. The standard InChI is InChI=1S/C13H18FNO/c1-3-15-13(9-4-5-9)11-8-10(14)6-7-12(11)16-2/h6-9,13,15H,3-5H2,1-2H3. The lowest BCUT2D eigenvalue weighted by Gasteiger charge is -2.20. The van der Waals surface area contributed by atoms with E-state index in [2.05, 4.69) is 12.2 Å². The molecule has 1 aliphatic rings. The predicted molar refractivity (Wildman–Crippen MR) is 62.1 cm³/mol. The molecule has 0 aliphatic heterocycles. The average Bonchev–Trinajstić information content (AvgIpc) is 3.10. The molecule has 3 heteroatoms. The van der Waals surface area contributed by atoms with Gasteiger partial charge in [0.1, 0.15) is 11.6 Å². The fraction of sp³-hybridized carbons (Fsp3) is 0.538. The largest absolute Gasteiger partial charge is 0.496 e.